The fraction of sp³-hybridized carbons (Fsp3) is 0.500. The lowest BCUT2D eigenvalue weighted by Crippen LogP contribution is -2.26. The highest BCUT2D eigenvalue weighted by Crippen LogP contribution is 2.38. The quantitative estimate of drug-likeness (QED) is 0.143. The fourth-order valence-corrected chi connectivity index (χ4v) is 5.98. The minimum absolute atomic E-state index is 0. The first-order valence-electron chi connectivity index (χ1n) is 15.9. The summed E-state index contributed by atoms with van der Waals surface area (Å²) in [5.74, 6) is 0. The molecule has 47 heavy (non-hydrogen) atoms. The molecule has 0 aromatic heterocycles. The van der Waals surface area contributed by atoms with E-state index in [0.717, 1.165) is 18.2 Å². The van der Waals surface area contributed by atoms with Gasteiger partial charge in [0.05, 0.1) is 16.7 Å². The standard InChI is InChI=1S/C36H42F9N.ClH/c1-4-7-16-28-25(13-10-19-31(28)34(37,38)39)22-46(23-26-14-11-20-32(35(40,41)42)29(26)17-8-5-2)24-27-15-12-21-33(36(43,44)45)30(27)18-9-6-3;/h10-15,19-21H,4-9,16-18,22-24H2,1-3H3;1H. The first-order chi connectivity index (χ1) is 21.6. The van der Waals surface area contributed by atoms with E-state index in [4.69, 9.17) is 0 Å². The van der Waals surface area contributed by atoms with E-state index in [2.05, 4.69) is 0 Å². The van der Waals surface area contributed by atoms with Crippen LogP contribution in [0.3, 0.4) is 0 Å². The molecule has 11 heteroatoms. The molecule has 0 aliphatic carbocycles. The zero-order valence-corrected chi connectivity index (χ0v) is 27.8. The Bertz CT molecular complexity index is 1240. The molecule has 0 bridgehead atoms. The van der Waals surface area contributed by atoms with Crippen LogP contribution in [0.15, 0.2) is 54.6 Å². The zero-order chi connectivity index (χ0) is 34.1. The summed E-state index contributed by atoms with van der Waals surface area (Å²) in [6.07, 6.45) is -10.0. The molecule has 3 rings (SSSR count). The molecule has 0 aliphatic heterocycles. The molecule has 0 unspecified atom stereocenters. The van der Waals surface area contributed by atoms with Crippen molar-refractivity contribution in [1.82, 2.24) is 4.90 Å². The maximum Gasteiger partial charge on any atom is 0.416 e. The molecule has 0 aliphatic rings. The van der Waals surface area contributed by atoms with Crippen LogP contribution in [0.1, 0.15) is 109 Å². The Morgan fingerprint density at radius 2 is 0.702 bits per heavy atom. The molecule has 0 N–H and O–H groups in total. The third-order valence-electron chi connectivity index (χ3n) is 8.26. The zero-order valence-electron chi connectivity index (χ0n) is 26.9. The number of rotatable bonds is 15. The number of halogens is 10. The molecule has 0 fully saturated rings. The van der Waals surface area contributed by atoms with Crippen molar-refractivity contribution in [2.75, 3.05) is 0 Å². The van der Waals surface area contributed by atoms with Gasteiger partial charge in [0.1, 0.15) is 0 Å². The Morgan fingerprint density at radius 3 is 0.915 bits per heavy atom. The van der Waals surface area contributed by atoms with Crippen molar-refractivity contribution in [1.29, 1.82) is 0 Å². The third kappa shape index (κ3) is 11.2. The Balaban J connectivity index is 0.00000768. The number of unbranched alkanes of at least 4 members (excludes halogenated alkanes) is 3. The maximum absolute atomic E-state index is 14.1. The van der Waals surface area contributed by atoms with E-state index in [-0.39, 0.29) is 68.0 Å². The van der Waals surface area contributed by atoms with Crippen molar-refractivity contribution in [3.05, 3.63) is 105 Å². The van der Waals surface area contributed by atoms with E-state index < -0.39 is 35.2 Å². The molecule has 0 radical (unpaired) electrons. The summed E-state index contributed by atoms with van der Waals surface area (Å²) in [6, 6.07) is 11.7. The minimum Gasteiger partial charge on any atom is -0.291 e. The number of hydrogen-bond donors (Lipinski definition) is 0. The van der Waals surface area contributed by atoms with E-state index in [9.17, 15) is 39.5 Å². The Morgan fingerprint density at radius 1 is 0.447 bits per heavy atom. The molecule has 0 atom stereocenters. The van der Waals surface area contributed by atoms with Gasteiger partial charge in [0.15, 0.2) is 0 Å². The van der Waals surface area contributed by atoms with Gasteiger partial charge in [-0.1, -0.05) is 76.4 Å². The van der Waals surface area contributed by atoms with E-state index in [1.54, 1.807) is 23.1 Å². The SMILES string of the molecule is CCCCc1c(CN(Cc2cccc(C(F)(F)F)c2CCCC)Cc2cccc(C(F)(F)F)c2CCCC)cccc1C(F)(F)F.Cl. The van der Waals surface area contributed by atoms with Gasteiger partial charge >= 0.3 is 18.5 Å². The fourth-order valence-electron chi connectivity index (χ4n) is 5.98. The minimum atomic E-state index is -4.62. The van der Waals surface area contributed by atoms with Crippen LogP contribution in [0.2, 0.25) is 0 Å². The predicted octanol–water partition coefficient (Wildman–Crippen LogP) is 12.4. The molecular formula is C36H43ClF9N. The van der Waals surface area contributed by atoms with Gasteiger partial charge in [0.2, 0.25) is 0 Å². The first-order valence-corrected chi connectivity index (χ1v) is 15.9. The predicted molar refractivity (Wildman–Crippen MR) is 170 cm³/mol. The second-order valence-corrected chi connectivity index (χ2v) is 11.8. The lowest BCUT2D eigenvalue weighted by Gasteiger charge is -2.28. The summed E-state index contributed by atoms with van der Waals surface area (Å²) in [4.78, 5) is 1.68. The number of nitrogens with zero attached hydrogens (tertiary/aromatic N) is 1. The van der Waals surface area contributed by atoms with Crippen LogP contribution in [-0.2, 0) is 57.4 Å². The van der Waals surface area contributed by atoms with Crippen molar-refractivity contribution in [2.45, 2.75) is 117 Å². The van der Waals surface area contributed by atoms with Crippen LogP contribution in [-0.4, -0.2) is 4.90 Å². The molecule has 0 spiro atoms. The van der Waals surface area contributed by atoms with Gasteiger partial charge < -0.3 is 0 Å². The van der Waals surface area contributed by atoms with Gasteiger partial charge in [-0.05, 0) is 90.1 Å². The highest BCUT2D eigenvalue weighted by Gasteiger charge is 2.36. The molecule has 3 aromatic rings. The van der Waals surface area contributed by atoms with Crippen LogP contribution >= 0.6 is 12.4 Å². The van der Waals surface area contributed by atoms with Crippen LogP contribution < -0.4 is 0 Å². The van der Waals surface area contributed by atoms with Gasteiger partial charge in [-0.15, -0.1) is 12.4 Å². The first kappa shape index (κ1) is 40.5. The van der Waals surface area contributed by atoms with Crippen LogP contribution in [0.5, 0.6) is 0 Å². The summed E-state index contributed by atoms with van der Waals surface area (Å²) in [6.45, 7) is 5.32. The van der Waals surface area contributed by atoms with E-state index in [1.165, 1.54) is 18.2 Å². The average molecular weight is 696 g/mol. The second-order valence-electron chi connectivity index (χ2n) is 11.8. The van der Waals surface area contributed by atoms with Crippen molar-refractivity contribution in [3.63, 3.8) is 0 Å². The lowest BCUT2D eigenvalue weighted by atomic mass is 9.92. The summed E-state index contributed by atoms with van der Waals surface area (Å²) in [5, 5.41) is 0. The smallest absolute Gasteiger partial charge is 0.291 e. The summed E-state index contributed by atoms with van der Waals surface area (Å²) >= 11 is 0. The maximum atomic E-state index is 14.1. The molecule has 0 saturated heterocycles. The van der Waals surface area contributed by atoms with E-state index in [0.29, 0.717) is 55.2 Å². The van der Waals surface area contributed by atoms with Crippen LogP contribution in [0.4, 0.5) is 39.5 Å². The molecular weight excluding hydrogens is 653 g/mol. The monoisotopic (exact) mass is 695 g/mol. The molecule has 3 aromatic carbocycles. The average Bonchev–Trinajstić information content (AvgIpc) is 2.97. The molecule has 0 heterocycles. The van der Waals surface area contributed by atoms with E-state index in [1.807, 2.05) is 20.8 Å². The van der Waals surface area contributed by atoms with E-state index >= 15 is 0 Å². The van der Waals surface area contributed by atoms with Crippen molar-refractivity contribution in [2.24, 2.45) is 0 Å². The molecule has 0 amide bonds. The van der Waals surface area contributed by atoms with Crippen LogP contribution in [0, 0.1) is 0 Å². The van der Waals surface area contributed by atoms with Crippen molar-refractivity contribution < 1.29 is 39.5 Å². The number of hydrogen-bond acceptors (Lipinski definition) is 1. The van der Waals surface area contributed by atoms with Gasteiger partial charge in [-0.3, -0.25) is 4.90 Å². The normalized spacial score (nSPS) is 12.4. The Labute approximate surface area is 278 Å². The largest absolute Gasteiger partial charge is 0.416 e. The highest BCUT2D eigenvalue weighted by molar-refractivity contribution is 5.85. The Kier molecular flexibility index (Phi) is 15.2. The van der Waals surface area contributed by atoms with Gasteiger partial charge in [0.25, 0.3) is 0 Å². The summed E-state index contributed by atoms with van der Waals surface area (Å²) < 4.78 is 127. The molecule has 262 valence electrons. The lowest BCUT2D eigenvalue weighted by molar-refractivity contribution is -0.139. The second kappa shape index (κ2) is 17.6. The molecule has 1 nitrogen and oxygen atoms in total. The molecule has 0 saturated carbocycles. The summed E-state index contributed by atoms with van der Waals surface area (Å²) in [7, 11) is 0. The Hall–Kier alpha value is -2.72. The highest BCUT2D eigenvalue weighted by atomic mass is 35.5. The van der Waals surface area contributed by atoms with Gasteiger partial charge in [0, 0.05) is 19.6 Å². The van der Waals surface area contributed by atoms with Crippen LogP contribution in [0.25, 0.3) is 0 Å². The van der Waals surface area contributed by atoms with Crippen molar-refractivity contribution >= 4 is 12.4 Å². The van der Waals surface area contributed by atoms with Crippen molar-refractivity contribution in [3.8, 4) is 0 Å². The summed E-state index contributed by atoms with van der Waals surface area (Å²) in [5.41, 5.74) is -0.948. The van der Waals surface area contributed by atoms with Gasteiger partial charge in [-0.2, -0.15) is 39.5 Å². The van der Waals surface area contributed by atoms with Gasteiger partial charge in [-0.25, -0.2) is 0 Å². The third-order valence-corrected chi connectivity index (χ3v) is 8.26. The number of benzene rings is 3. The topological polar surface area (TPSA) is 3.24 Å². The number of alkyl halides is 9.